The second kappa shape index (κ2) is 8.70. The summed E-state index contributed by atoms with van der Waals surface area (Å²) in [7, 11) is 3.96. The van der Waals surface area contributed by atoms with Gasteiger partial charge in [0.1, 0.15) is 5.82 Å². The van der Waals surface area contributed by atoms with Gasteiger partial charge in [0.2, 0.25) is 0 Å². The molecule has 0 N–H and O–H groups in total. The minimum absolute atomic E-state index is 0.151. The smallest absolute Gasteiger partial charge is 0.270 e. The summed E-state index contributed by atoms with van der Waals surface area (Å²) in [5.74, 6) is -0.649. The number of nitro benzene ring substituents is 1. The molecule has 0 aromatic heterocycles. The summed E-state index contributed by atoms with van der Waals surface area (Å²) in [5, 5.41) is 11.2. The maximum absolute atomic E-state index is 14.1. The number of halogens is 1. The van der Waals surface area contributed by atoms with Gasteiger partial charge in [-0.25, -0.2) is 4.39 Å². The molecule has 28 heavy (non-hydrogen) atoms. The molecular formula is C20H22FN3O3S. The highest BCUT2D eigenvalue weighted by Gasteiger charge is 2.28. The molecule has 0 bridgehead atoms. The quantitative estimate of drug-likeness (QED) is 0.557. The van der Waals surface area contributed by atoms with Gasteiger partial charge in [0, 0.05) is 41.1 Å². The van der Waals surface area contributed by atoms with Gasteiger partial charge >= 0.3 is 0 Å². The van der Waals surface area contributed by atoms with E-state index in [-0.39, 0.29) is 23.2 Å². The van der Waals surface area contributed by atoms with E-state index in [0.29, 0.717) is 22.9 Å². The molecule has 2 aromatic carbocycles. The standard InChI is InChI=1S/C20H22FN3O3S/c1-22(2)15-6-5-11-23(13-15)20(25)16-12-14(24(26)27)9-10-18(16)28-19-8-4-3-7-17(19)21/h3-4,7-10,12,15H,5-6,11,13H2,1-2H3. The van der Waals surface area contributed by atoms with Crippen LogP contribution in [0.2, 0.25) is 0 Å². The van der Waals surface area contributed by atoms with Gasteiger partial charge in [-0.3, -0.25) is 14.9 Å². The molecule has 0 aliphatic carbocycles. The molecule has 3 rings (SSSR count). The summed E-state index contributed by atoms with van der Waals surface area (Å²) in [4.78, 5) is 28.6. The van der Waals surface area contributed by atoms with Crippen molar-refractivity contribution in [3.8, 4) is 0 Å². The number of rotatable bonds is 5. The number of nitro groups is 1. The lowest BCUT2D eigenvalue weighted by molar-refractivity contribution is -0.384. The molecule has 1 atom stereocenters. The number of carbonyl (C=O) groups is 1. The van der Waals surface area contributed by atoms with Crippen LogP contribution >= 0.6 is 11.8 Å². The summed E-state index contributed by atoms with van der Waals surface area (Å²) in [6.45, 7) is 1.17. The van der Waals surface area contributed by atoms with Crippen molar-refractivity contribution in [2.75, 3.05) is 27.2 Å². The molecule has 1 aliphatic heterocycles. The van der Waals surface area contributed by atoms with Crippen molar-refractivity contribution in [2.45, 2.75) is 28.7 Å². The van der Waals surface area contributed by atoms with Crippen molar-refractivity contribution in [3.05, 3.63) is 64.0 Å². The molecule has 2 aromatic rings. The Balaban J connectivity index is 1.95. The van der Waals surface area contributed by atoms with E-state index in [1.54, 1.807) is 23.1 Å². The molecule has 6 nitrogen and oxygen atoms in total. The third-order valence-corrected chi connectivity index (χ3v) is 6.00. The van der Waals surface area contributed by atoms with Crippen LogP contribution in [-0.2, 0) is 0 Å². The average Bonchev–Trinajstić information content (AvgIpc) is 2.69. The lowest BCUT2D eigenvalue weighted by atomic mass is 10.0. The van der Waals surface area contributed by atoms with Crippen LogP contribution in [0.15, 0.2) is 52.3 Å². The molecule has 1 unspecified atom stereocenters. The van der Waals surface area contributed by atoms with E-state index in [9.17, 15) is 19.3 Å². The Morgan fingerprint density at radius 2 is 2.00 bits per heavy atom. The summed E-state index contributed by atoms with van der Waals surface area (Å²) in [6, 6.07) is 10.7. The predicted octanol–water partition coefficient (Wildman–Crippen LogP) is 4.05. The highest BCUT2D eigenvalue weighted by molar-refractivity contribution is 7.99. The first-order valence-corrected chi connectivity index (χ1v) is 9.85. The van der Waals surface area contributed by atoms with E-state index in [1.165, 1.54) is 24.3 Å². The minimum atomic E-state index is -0.521. The Labute approximate surface area is 167 Å². The Hall–Kier alpha value is -2.45. The fourth-order valence-corrected chi connectivity index (χ4v) is 4.21. The predicted molar refractivity (Wildman–Crippen MR) is 106 cm³/mol. The summed E-state index contributed by atoms with van der Waals surface area (Å²) in [6.07, 6.45) is 1.88. The van der Waals surface area contributed by atoms with E-state index in [4.69, 9.17) is 0 Å². The fraction of sp³-hybridized carbons (Fsp3) is 0.350. The molecule has 0 saturated carbocycles. The molecular weight excluding hydrogens is 381 g/mol. The number of hydrogen-bond acceptors (Lipinski definition) is 5. The van der Waals surface area contributed by atoms with Crippen molar-refractivity contribution >= 4 is 23.4 Å². The van der Waals surface area contributed by atoms with Crippen molar-refractivity contribution in [1.82, 2.24) is 9.80 Å². The van der Waals surface area contributed by atoms with Gasteiger partial charge in [-0.1, -0.05) is 23.9 Å². The highest BCUT2D eigenvalue weighted by atomic mass is 32.2. The number of amides is 1. The first-order chi connectivity index (χ1) is 13.4. The minimum Gasteiger partial charge on any atom is -0.337 e. The molecule has 0 radical (unpaired) electrons. The van der Waals surface area contributed by atoms with E-state index in [1.807, 2.05) is 14.1 Å². The first-order valence-electron chi connectivity index (χ1n) is 9.03. The molecule has 0 spiro atoms. The second-order valence-corrected chi connectivity index (χ2v) is 8.06. The second-order valence-electron chi connectivity index (χ2n) is 6.98. The first kappa shape index (κ1) is 20.3. The van der Waals surface area contributed by atoms with Crippen LogP contribution in [0.1, 0.15) is 23.2 Å². The van der Waals surface area contributed by atoms with Crippen molar-refractivity contribution in [1.29, 1.82) is 0 Å². The molecule has 1 aliphatic rings. The zero-order chi connectivity index (χ0) is 20.3. The summed E-state index contributed by atoms with van der Waals surface area (Å²) >= 11 is 1.11. The largest absolute Gasteiger partial charge is 0.337 e. The number of likely N-dealkylation sites (tertiary alicyclic amines) is 1. The number of piperidine rings is 1. The lowest BCUT2D eigenvalue weighted by Crippen LogP contribution is -2.47. The maximum atomic E-state index is 14.1. The zero-order valence-electron chi connectivity index (χ0n) is 15.8. The van der Waals surface area contributed by atoms with Gasteiger partial charge in [-0.05, 0) is 45.1 Å². The van der Waals surface area contributed by atoms with Gasteiger partial charge in [-0.2, -0.15) is 0 Å². The van der Waals surface area contributed by atoms with Crippen molar-refractivity contribution < 1.29 is 14.1 Å². The van der Waals surface area contributed by atoms with Crippen LogP contribution in [0.3, 0.4) is 0 Å². The van der Waals surface area contributed by atoms with Gasteiger partial charge in [0.15, 0.2) is 0 Å². The molecule has 8 heteroatoms. The lowest BCUT2D eigenvalue weighted by Gasteiger charge is -2.36. The number of nitrogens with zero attached hydrogens (tertiary/aromatic N) is 3. The number of benzene rings is 2. The van der Waals surface area contributed by atoms with E-state index >= 15 is 0 Å². The van der Waals surface area contributed by atoms with Crippen molar-refractivity contribution in [3.63, 3.8) is 0 Å². The van der Waals surface area contributed by atoms with Gasteiger partial charge in [0.05, 0.1) is 10.5 Å². The van der Waals surface area contributed by atoms with Crippen LogP contribution in [0.25, 0.3) is 0 Å². The Bertz CT molecular complexity index is 891. The summed E-state index contributed by atoms with van der Waals surface area (Å²) in [5.41, 5.74) is 0.0873. The molecule has 1 saturated heterocycles. The van der Waals surface area contributed by atoms with Crippen molar-refractivity contribution in [2.24, 2.45) is 0 Å². The van der Waals surface area contributed by atoms with Crippen LogP contribution in [-0.4, -0.2) is 53.9 Å². The fourth-order valence-electron chi connectivity index (χ4n) is 3.26. The van der Waals surface area contributed by atoms with Gasteiger partial charge in [0.25, 0.3) is 11.6 Å². The molecule has 148 valence electrons. The van der Waals surface area contributed by atoms with Crippen LogP contribution < -0.4 is 0 Å². The molecule has 1 heterocycles. The Morgan fingerprint density at radius 3 is 2.68 bits per heavy atom. The number of hydrogen-bond donors (Lipinski definition) is 0. The number of non-ortho nitro benzene ring substituents is 1. The Kier molecular flexibility index (Phi) is 6.31. The van der Waals surface area contributed by atoms with Crippen LogP contribution in [0, 0.1) is 15.9 Å². The summed E-state index contributed by atoms with van der Waals surface area (Å²) < 4.78 is 14.1. The van der Waals surface area contributed by atoms with Gasteiger partial charge < -0.3 is 9.80 Å². The topological polar surface area (TPSA) is 66.7 Å². The average molecular weight is 403 g/mol. The number of carbonyl (C=O) groups excluding carboxylic acids is 1. The molecule has 1 fully saturated rings. The normalized spacial score (nSPS) is 17.0. The third-order valence-electron chi connectivity index (χ3n) is 4.87. The Morgan fingerprint density at radius 1 is 1.25 bits per heavy atom. The maximum Gasteiger partial charge on any atom is 0.270 e. The van der Waals surface area contributed by atoms with E-state index < -0.39 is 10.7 Å². The van der Waals surface area contributed by atoms with E-state index in [2.05, 4.69) is 4.90 Å². The van der Waals surface area contributed by atoms with Gasteiger partial charge in [-0.15, -0.1) is 0 Å². The van der Waals surface area contributed by atoms with Crippen LogP contribution in [0.4, 0.5) is 10.1 Å². The third kappa shape index (κ3) is 4.51. The SMILES string of the molecule is CN(C)C1CCCN(C(=O)c2cc([N+](=O)[O-])ccc2Sc2ccccc2F)C1. The molecule has 1 amide bonds. The van der Waals surface area contributed by atoms with Crippen LogP contribution in [0.5, 0.6) is 0 Å². The monoisotopic (exact) mass is 403 g/mol. The number of likely N-dealkylation sites (N-methyl/N-ethyl adjacent to an activating group) is 1. The highest BCUT2D eigenvalue weighted by Crippen LogP contribution is 2.35. The van der Waals surface area contributed by atoms with E-state index in [0.717, 1.165) is 24.6 Å². The zero-order valence-corrected chi connectivity index (χ0v) is 16.6.